The van der Waals surface area contributed by atoms with Crippen LogP contribution in [-0.2, 0) is 0 Å². The molecule has 8 aromatic carbocycles. The lowest BCUT2D eigenvalue weighted by molar-refractivity contribution is 0.454. The molecule has 0 bridgehead atoms. The maximum atomic E-state index is 12.1. The van der Waals surface area contributed by atoms with Crippen molar-refractivity contribution in [3.8, 4) is 67.5 Å². The van der Waals surface area contributed by atoms with E-state index in [1.807, 2.05) is 113 Å². The van der Waals surface area contributed by atoms with Crippen molar-refractivity contribution in [3.63, 3.8) is 0 Å². The molecular formula is C56H50O4. The first-order valence-electron chi connectivity index (χ1n) is 20.5. The highest BCUT2D eigenvalue weighted by Crippen LogP contribution is 2.47. The lowest BCUT2D eigenvalue weighted by Crippen LogP contribution is -2.07. The minimum atomic E-state index is -0.564. The summed E-state index contributed by atoms with van der Waals surface area (Å²) in [5.74, 6) is 0.175. The standard InChI is InChI=1S/C56H50O4/c1-33-25-45(26-34(2)53(33)57)47-28-36(4)55(59)50(31-47)52(44-23-21-43(22-24-44)41-15-11-8-12-16-41)51-32-48(29-37(5)56(51)60)46-27-35(3)54(58)49(30-46)38(6)39-17-19-42(20-18-39)40-13-9-7-10-14-40/h7-32,38,52,57-60H,1-6H3. The third-order valence-corrected chi connectivity index (χ3v) is 12.1. The second-order valence-corrected chi connectivity index (χ2v) is 16.3. The maximum Gasteiger partial charge on any atom is 0.122 e. The van der Waals surface area contributed by atoms with Crippen molar-refractivity contribution in [1.29, 1.82) is 0 Å². The third kappa shape index (κ3) is 7.65. The zero-order valence-electron chi connectivity index (χ0n) is 35.0. The van der Waals surface area contributed by atoms with Crippen LogP contribution in [0, 0.1) is 34.6 Å². The summed E-state index contributed by atoms with van der Waals surface area (Å²) in [6, 6.07) is 53.4. The van der Waals surface area contributed by atoms with Gasteiger partial charge in [0.1, 0.15) is 23.0 Å². The normalized spacial score (nSPS) is 12.3. The van der Waals surface area contributed by atoms with Crippen LogP contribution in [0.2, 0.25) is 0 Å². The number of hydrogen-bond donors (Lipinski definition) is 4. The summed E-state index contributed by atoms with van der Waals surface area (Å²) in [5, 5.41) is 46.2. The molecule has 0 aliphatic heterocycles. The van der Waals surface area contributed by atoms with Crippen LogP contribution in [-0.4, -0.2) is 20.4 Å². The molecule has 0 aromatic heterocycles. The van der Waals surface area contributed by atoms with Gasteiger partial charge in [0.2, 0.25) is 0 Å². The van der Waals surface area contributed by atoms with Crippen LogP contribution in [0.25, 0.3) is 44.5 Å². The average molecular weight is 787 g/mol. The van der Waals surface area contributed by atoms with Gasteiger partial charge in [-0.1, -0.05) is 116 Å². The Hall–Kier alpha value is -7.04. The Kier molecular flexibility index (Phi) is 10.8. The van der Waals surface area contributed by atoms with E-state index in [-0.39, 0.29) is 28.9 Å². The first kappa shape index (κ1) is 39.8. The lowest BCUT2D eigenvalue weighted by atomic mass is 9.79. The van der Waals surface area contributed by atoms with Crippen molar-refractivity contribution in [3.05, 3.63) is 213 Å². The summed E-state index contributed by atoms with van der Waals surface area (Å²) in [6.45, 7) is 11.6. The molecule has 2 unspecified atom stereocenters. The van der Waals surface area contributed by atoms with Gasteiger partial charge in [-0.25, -0.2) is 0 Å². The number of phenolic OH excluding ortho intramolecular Hbond substituents is 4. The summed E-state index contributed by atoms with van der Waals surface area (Å²) >= 11 is 0. The minimum Gasteiger partial charge on any atom is -0.507 e. The monoisotopic (exact) mass is 786 g/mol. The van der Waals surface area contributed by atoms with E-state index in [1.165, 1.54) is 0 Å². The second kappa shape index (κ2) is 16.3. The van der Waals surface area contributed by atoms with E-state index >= 15 is 0 Å². The number of benzene rings is 8. The zero-order chi connectivity index (χ0) is 42.2. The molecule has 0 spiro atoms. The molecule has 0 aliphatic rings. The van der Waals surface area contributed by atoms with Crippen LogP contribution < -0.4 is 0 Å². The molecule has 4 heteroatoms. The van der Waals surface area contributed by atoms with E-state index in [0.717, 1.165) is 77.9 Å². The van der Waals surface area contributed by atoms with E-state index in [1.54, 1.807) is 0 Å². The predicted molar refractivity (Wildman–Crippen MR) is 246 cm³/mol. The van der Waals surface area contributed by atoms with Crippen LogP contribution in [0.1, 0.15) is 74.4 Å². The first-order chi connectivity index (χ1) is 28.9. The van der Waals surface area contributed by atoms with Crippen LogP contribution in [0.3, 0.4) is 0 Å². The van der Waals surface area contributed by atoms with E-state index in [4.69, 9.17) is 0 Å². The van der Waals surface area contributed by atoms with E-state index in [2.05, 4.69) is 85.8 Å². The quantitative estimate of drug-likeness (QED) is 0.110. The molecule has 0 saturated heterocycles. The topological polar surface area (TPSA) is 80.9 Å². The van der Waals surface area contributed by atoms with Crippen molar-refractivity contribution < 1.29 is 20.4 Å². The number of aryl methyl sites for hydroxylation is 5. The minimum absolute atomic E-state index is 0.100. The number of hydrogen-bond acceptors (Lipinski definition) is 4. The van der Waals surface area contributed by atoms with Crippen LogP contribution >= 0.6 is 0 Å². The number of rotatable bonds is 9. The molecule has 0 saturated carbocycles. The molecule has 298 valence electrons. The Labute approximate surface area is 353 Å². The van der Waals surface area contributed by atoms with Gasteiger partial charge in [-0.2, -0.15) is 0 Å². The fourth-order valence-electron chi connectivity index (χ4n) is 8.61. The Morgan fingerprint density at radius 3 is 1.00 bits per heavy atom. The number of phenols is 4. The van der Waals surface area contributed by atoms with Gasteiger partial charge in [0, 0.05) is 28.5 Å². The van der Waals surface area contributed by atoms with Gasteiger partial charge in [-0.15, -0.1) is 0 Å². The SMILES string of the molecule is Cc1cc(-c2cc(C)c(O)c(C(c3ccc(-c4ccccc4)cc3)c3cc(-c4cc(C)c(O)c(C(C)c5ccc(-c6ccccc6)cc5)c4)cc(C)c3O)c2)cc(C)c1O. The highest BCUT2D eigenvalue weighted by Gasteiger charge is 2.27. The van der Waals surface area contributed by atoms with E-state index < -0.39 is 5.92 Å². The van der Waals surface area contributed by atoms with Crippen molar-refractivity contribution >= 4 is 0 Å². The molecule has 0 heterocycles. The highest BCUT2D eigenvalue weighted by molar-refractivity contribution is 5.75. The van der Waals surface area contributed by atoms with E-state index in [9.17, 15) is 20.4 Å². The molecule has 2 atom stereocenters. The molecule has 0 aliphatic carbocycles. The molecular weight excluding hydrogens is 737 g/mol. The molecule has 4 N–H and O–H groups in total. The largest absolute Gasteiger partial charge is 0.507 e. The summed E-state index contributed by atoms with van der Waals surface area (Å²) in [5.41, 5.74) is 15.9. The molecule has 4 nitrogen and oxygen atoms in total. The van der Waals surface area contributed by atoms with E-state index in [0.29, 0.717) is 22.3 Å². The maximum absolute atomic E-state index is 12.1. The van der Waals surface area contributed by atoms with Crippen molar-refractivity contribution in [1.82, 2.24) is 0 Å². The highest BCUT2D eigenvalue weighted by atomic mass is 16.3. The summed E-state index contributed by atoms with van der Waals surface area (Å²) in [7, 11) is 0. The van der Waals surface area contributed by atoms with Crippen LogP contribution in [0.5, 0.6) is 23.0 Å². The molecule has 0 amide bonds. The average Bonchev–Trinajstić information content (AvgIpc) is 3.27. The van der Waals surface area contributed by atoms with Gasteiger partial charge in [-0.3, -0.25) is 0 Å². The number of aromatic hydroxyl groups is 4. The first-order valence-corrected chi connectivity index (χ1v) is 20.5. The Balaban J connectivity index is 1.27. The molecule has 60 heavy (non-hydrogen) atoms. The van der Waals surface area contributed by atoms with Crippen molar-refractivity contribution in [2.45, 2.75) is 53.4 Å². The molecule has 8 rings (SSSR count). The smallest absolute Gasteiger partial charge is 0.122 e. The summed E-state index contributed by atoms with van der Waals surface area (Å²) < 4.78 is 0. The second-order valence-electron chi connectivity index (χ2n) is 16.3. The molecule has 0 fully saturated rings. The van der Waals surface area contributed by atoms with Crippen molar-refractivity contribution in [2.24, 2.45) is 0 Å². The van der Waals surface area contributed by atoms with Gasteiger partial charge < -0.3 is 20.4 Å². The summed E-state index contributed by atoms with van der Waals surface area (Å²) in [6.07, 6.45) is 0. The zero-order valence-corrected chi connectivity index (χ0v) is 35.0. The van der Waals surface area contributed by atoms with Gasteiger partial charge in [-0.05, 0) is 167 Å². The molecule has 0 radical (unpaired) electrons. The van der Waals surface area contributed by atoms with Crippen LogP contribution in [0.4, 0.5) is 0 Å². The Bertz CT molecular complexity index is 2820. The Morgan fingerprint density at radius 1 is 0.300 bits per heavy atom. The molecule has 8 aromatic rings. The van der Waals surface area contributed by atoms with Gasteiger partial charge in [0.25, 0.3) is 0 Å². The Morgan fingerprint density at radius 2 is 0.600 bits per heavy atom. The van der Waals surface area contributed by atoms with Crippen molar-refractivity contribution in [2.75, 3.05) is 0 Å². The van der Waals surface area contributed by atoms with Gasteiger partial charge >= 0.3 is 0 Å². The fourth-order valence-corrected chi connectivity index (χ4v) is 8.61. The third-order valence-electron chi connectivity index (χ3n) is 12.1. The predicted octanol–water partition coefficient (Wildman–Crippen LogP) is 14.1. The van der Waals surface area contributed by atoms with Crippen LogP contribution in [0.15, 0.2) is 158 Å². The summed E-state index contributed by atoms with van der Waals surface area (Å²) in [4.78, 5) is 0. The van der Waals surface area contributed by atoms with Gasteiger partial charge in [0.05, 0.1) is 0 Å². The lowest BCUT2D eigenvalue weighted by Gasteiger charge is -2.25. The van der Waals surface area contributed by atoms with Gasteiger partial charge in [0.15, 0.2) is 0 Å². The fraction of sp³-hybridized carbons (Fsp3) is 0.143.